The zero-order valence-corrected chi connectivity index (χ0v) is 19.6. The second-order valence-electron chi connectivity index (χ2n) is 8.37. The zero-order valence-electron chi connectivity index (χ0n) is 19.6. The SMILES string of the molecule is CCC(C(=O)Nc1ccc2c(c1)OCO2)N(Cc1ccc(F)cc1)C(=O)Cn1nnc2ccccc21. The Bertz CT molecular complexity index is 1410. The molecular weight excluding hydrogens is 465 g/mol. The van der Waals surface area contributed by atoms with Crippen molar-refractivity contribution in [1.29, 1.82) is 0 Å². The fraction of sp³-hybridized carbons (Fsp3) is 0.231. The molecule has 2 heterocycles. The maximum absolute atomic E-state index is 13.6. The fourth-order valence-corrected chi connectivity index (χ4v) is 4.16. The van der Waals surface area contributed by atoms with Crippen LogP contribution in [-0.4, -0.2) is 44.5 Å². The van der Waals surface area contributed by atoms with Crippen LogP contribution in [-0.2, 0) is 22.7 Å². The lowest BCUT2D eigenvalue weighted by Gasteiger charge is -2.30. The van der Waals surface area contributed by atoms with Crippen LogP contribution >= 0.6 is 0 Å². The molecule has 0 saturated heterocycles. The first-order chi connectivity index (χ1) is 17.5. The number of benzene rings is 3. The number of ether oxygens (including phenoxy) is 2. The lowest BCUT2D eigenvalue weighted by Crippen LogP contribution is -2.47. The van der Waals surface area contributed by atoms with E-state index in [4.69, 9.17) is 9.47 Å². The van der Waals surface area contributed by atoms with Crippen LogP contribution in [0.1, 0.15) is 18.9 Å². The van der Waals surface area contributed by atoms with Crippen molar-refractivity contribution in [2.24, 2.45) is 0 Å². The van der Waals surface area contributed by atoms with E-state index in [0.29, 0.717) is 40.2 Å². The smallest absolute Gasteiger partial charge is 0.247 e. The van der Waals surface area contributed by atoms with Crippen molar-refractivity contribution in [3.05, 3.63) is 78.1 Å². The van der Waals surface area contributed by atoms with Crippen LogP contribution in [0.4, 0.5) is 10.1 Å². The summed E-state index contributed by atoms with van der Waals surface area (Å²) in [6.07, 6.45) is 0.363. The maximum atomic E-state index is 13.6. The van der Waals surface area contributed by atoms with Gasteiger partial charge in [0.05, 0.1) is 5.52 Å². The Morgan fingerprint density at radius 3 is 2.67 bits per heavy atom. The van der Waals surface area contributed by atoms with Crippen molar-refractivity contribution in [3.8, 4) is 11.5 Å². The molecule has 1 atom stereocenters. The molecule has 0 radical (unpaired) electrons. The Hall–Kier alpha value is -4.47. The van der Waals surface area contributed by atoms with E-state index in [9.17, 15) is 14.0 Å². The molecule has 10 heteroatoms. The number of hydrogen-bond acceptors (Lipinski definition) is 6. The summed E-state index contributed by atoms with van der Waals surface area (Å²) in [5, 5.41) is 11.1. The number of rotatable bonds is 8. The molecule has 1 aliphatic rings. The first-order valence-electron chi connectivity index (χ1n) is 11.5. The zero-order chi connectivity index (χ0) is 25.1. The molecule has 3 aromatic carbocycles. The summed E-state index contributed by atoms with van der Waals surface area (Å²) in [6, 6.07) is 17.5. The lowest BCUT2D eigenvalue weighted by atomic mass is 10.1. The third kappa shape index (κ3) is 4.83. The number of hydrogen-bond donors (Lipinski definition) is 1. The Morgan fingerprint density at radius 1 is 1.08 bits per heavy atom. The van der Waals surface area contributed by atoms with Gasteiger partial charge in [0.15, 0.2) is 11.5 Å². The number of para-hydroxylation sites is 1. The number of carbonyl (C=O) groups excluding carboxylic acids is 2. The van der Waals surface area contributed by atoms with Gasteiger partial charge in [-0.15, -0.1) is 5.10 Å². The van der Waals surface area contributed by atoms with Gasteiger partial charge in [0.1, 0.15) is 23.9 Å². The maximum Gasteiger partial charge on any atom is 0.247 e. The number of nitrogens with one attached hydrogen (secondary N) is 1. The van der Waals surface area contributed by atoms with E-state index in [1.54, 1.807) is 30.3 Å². The number of fused-ring (bicyclic) bond motifs is 2. The van der Waals surface area contributed by atoms with E-state index >= 15 is 0 Å². The Morgan fingerprint density at radius 2 is 1.86 bits per heavy atom. The van der Waals surface area contributed by atoms with Gasteiger partial charge < -0.3 is 19.7 Å². The molecule has 184 valence electrons. The molecule has 0 fully saturated rings. The molecule has 0 bridgehead atoms. The average Bonchev–Trinajstić information content (AvgIpc) is 3.52. The van der Waals surface area contributed by atoms with Crippen molar-refractivity contribution in [2.45, 2.75) is 32.5 Å². The molecular formula is C26H24FN5O4. The van der Waals surface area contributed by atoms with Gasteiger partial charge in [0.25, 0.3) is 0 Å². The van der Waals surface area contributed by atoms with Crippen molar-refractivity contribution in [1.82, 2.24) is 19.9 Å². The summed E-state index contributed by atoms with van der Waals surface area (Å²) in [5.74, 6) is 0.0996. The number of anilines is 1. The van der Waals surface area contributed by atoms with Crippen LogP contribution in [0.3, 0.4) is 0 Å². The lowest BCUT2D eigenvalue weighted by molar-refractivity contribution is -0.140. The van der Waals surface area contributed by atoms with Crippen molar-refractivity contribution in [3.63, 3.8) is 0 Å². The van der Waals surface area contributed by atoms with E-state index in [0.717, 1.165) is 0 Å². The van der Waals surface area contributed by atoms with E-state index in [1.807, 2.05) is 31.2 Å². The standard InChI is InChI=1S/C26H24FN5O4/c1-2-21(26(34)28-19-11-12-23-24(13-19)36-16-35-23)31(14-17-7-9-18(27)10-8-17)25(33)15-32-22-6-4-3-5-20(22)29-30-32/h3-13,21H,2,14-16H2,1H3,(H,28,34). The van der Waals surface area contributed by atoms with Gasteiger partial charge in [0.2, 0.25) is 18.6 Å². The largest absolute Gasteiger partial charge is 0.454 e. The van der Waals surface area contributed by atoms with Gasteiger partial charge in [-0.1, -0.05) is 36.4 Å². The molecule has 0 saturated carbocycles. The van der Waals surface area contributed by atoms with Gasteiger partial charge >= 0.3 is 0 Å². The minimum atomic E-state index is -0.789. The van der Waals surface area contributed by atoms with Crippen molar-refractivity contribution >= 4 is 28.5 Å². The number of halogens is 1. The van der Waals surface area contributed by atoms with Crippen LogP contribution in [0.15, 0.2) is 66.7 Å². The minimum Gasteiger partial charge on any atom is -0.454 e. The van der Waals surface area contributed by atoms with Gasteiger partial charge in [-0.3, -0.25) is 9.59 Å². The van der Waals surface area contributed by atoms with E-state index < -0.39 is 6.04 Å². The Balaban J connectivity index is 1.40. The normalized spacial score (nSPS) is 12.9. The Kier molecular flexibility index (Phi) is 6.48. The molecule has 2 amide bonds. The molecule has 5 rings (SSSR count). The molecule has 9 nitrogen and oxygen atoms in total. The fourth-order valence-electron chi connectivity index (χ4n) is 4.16. The number of amides is 2. The minimum absolute atomic E-state index is 0.102. The van der Waals surface area contributed by atoms with Crippen LogP contribution in [0.25, 0.3) is 11.0 Å². The quantitative estimate of drug-likeness (QED) is 0.405. The van der Waals surface area contributed by atoms with Crippen LogP contribution in [0, 0.1) is 5.82 Å². The molecule has 4 aromatic rings. The summed E-state index contributed by atoms with van der Waals surface area (Å²) in [4.78, 5) is 28.5. The second kappa shape index (κ2) is 10.0. The highest BCUT2D eigenvalue weighted by Crippen LogP contribution is 2.34. The molecule has 1 aromatic heterocycles. The third-order valence-electron chi connectivity index (χ3n) is 6.00. The molecule has 0 aliphatic carbocycles. The highest BCUT2D eigenvalue weighted by Gasteiger charge is 2.30. The van der Waals surface area contributed by atoms with E-state index in [-0.39, 0.29) is 37.5 Å². The number of aromatic nitrogens is 3. The second-order valence-corrected chi connectivity index (χ2v) is 8.37. The van der Waals surface area contributed by atoms with Gasteiger partial charge in [0, 0.05) is 18.3 Å². The van der Waals surface area contributed by atoms with E-state index in [1.165, 1.54) is 21.7 Å². The Labute approximate surface area is 206 Å². The van der Waals surface area contributed by atoms with E-state index in [2.05, 4.69) is 15.6 Å². The first-order valence-corrected chi connectivity index (χ1v) is 11.5. The van der Waals surface area contributed by atoms with Crippen LogP contribution < -0.4 is 14.8 Å². The van der Waals surface area contributed by atoms with Crippen LogP contribution in [0.5, 0.6) is 11.5 Å². The third-order valence-corrected chi connectivity index (χ3v) is 6.00. The summed E-state index contributed by atoms with van der Waals surface area (Å²) < 4.78 is 25.7. The predicted molar refractivity (Wildman–Crippen MR) is 130 cm³/mol. The summed E-state index contributed by atoms with van der Waals surface area (Å²) in [6.45, 7) is 1.98. The average molecular weight is 490 g/mol. The summed E-state index contributed by atoms with van der Waals surface area (Å²) in [5.41, 5.74) is 2.61. The molecule has 1 N–H and O–H groups in total. The highest BCUT2D eigenvalue weighted by molar-refractivity contribution is 5.97. The van der Waals surface area contributed by atoms with Crippen LogP contribution in [0.2, 0.25) is 0 Å². The first kappa shape index (κ1) is 23.3. The number of nitrogens with zero attached hydrogens (tertiary/aromatic N) is 4. The molecule has 1 aliphatic heterocycles. The van der Waals surface area contributed by atoms with Gasteiger partial charge in [-0.25, -0.2) is 9.07 Å². The topological polar surface area (TPSA) is 98.6 Å². The molecule has 0 spiro atoms. The van der Waals surface area contributed by atoms with Crippen molar-refractivity contribution < 1.29 is 23.5 Å². The van der Waals surface area contributed by atoms with Gasteiger partial charge in [-0.2, -0.15) is 0 Å². The summed E-state index contributed by atoms with van der Waals surface area (Å²) in [7, 11) is 0. The predicted octanol–water partition coefficient (Wildman–Crippen LogP) is 3.75. The number of carbonyl (C=O) groups is 2. The molecule has 36 heavy (non-hydrogen) atoms. The molecule has 1 unspecified atom stereocenters. The van der Waals surface area contributed by atoms with Crippen molar-refractivity contribution in [2.75, 3.05) is 12.1 Å². The van der Waals surface area contributed by atoms with Gasteiger partial charge in [-0.05, 0) is 48.4 Å². The monoisotopic (exact) mass is 489 g/mol. The summed E-state index contributed by atoms with van der Waals surface area (Å²) >= 11 is 0. The highest BCUT2D eigenvalue weighted by atomic mass is 19.1.